The van der Waals surface area contributed by atoms with E-state index in [2.05, 4.69) is 4.90 Å². The topological polar surface area (TPSA) is 85.4 Å². The highest BCUT2D eigenvalue weighted by atomic mass is 19.4. The molecule has 46 heavy (non-hydrogen) atoms. The number of rotatable bonds is 7. The van der Waals surface area contributed by atoms with Gasteiger partial charge >= 0.3 is 18.1 Å². The van der Waals surface area contributed by atoms with Gasteiger partial charge in [-0.15, -0.1) is 0 Å². The van der Waals surface area contributed by atoms with Crippen LogP contribution in [0.25, 0.3) is 6.08 Å². The van der Waals surface area contributed by atoms with Crippen LogP contribution in [0.15, 0.2) is 42.5 Å². The molecule has 8 nitrogen and oxygen atoms in total. The highest BCUT2D eigenvalue weighted by Gasteiger charge is 2.75. The number of benzene rings is 2. The van der Waals surface area contributed by atoms with Crippen LogP contribution >= 0.6 is 0 Å². The molecule has 246 valence electrons. The van der Waals surface area contributed by atoms with Gasteiger partial charge in [0.1, 0.15) is 11.7 Å². The maximum atomic E-state index is 14.0. The predicted octanol–water partition coefficient (Wildman–Crippen LogP) is 5.55. The summed E-state index contributed by atoms with van der Waals surface area (Å²) in [5, 5.41) is 0. The van der Waals surface area contributed by atoms with Gasteiger partial charge in [0.2, 0.25) is 5.91 Å². The van der Waals surface area contributed by atoms with Gasteiger partial charge in [-0.05, 0) is 80.6 Å². The maximum Gasteiger partial charge on any atom is 0.416 e. The second-order valence-corrected chi connectivity index (χ2v) is 13.4. The van der Waals surface area contributed by atoms with Crippen molar-refractivity contribution in [1.82, 2.24) is 9.80 Å². The summed E-state index contributed by atoms with van der Waals surface area (Å²) < 4.78 is 58.9. The standard InChI is InChI=1S/C35H39F3N2O6/c1-20(2)19-40(29(43)12-9-23-7-6-8-25(17-23)35(36,37)38)26-13-14-34(46-22(4)42)28-18-24-10-11-27(44-21(3)41)31-30(24)33(34,32(26)45-31)15-16-39(28)5/h6-12,17,20,26,28,32H,13-16,18-19H2,1-5H3/b12-9+/t26?,28-,32?,33+,34-/m1/s1. The second-order valence-electron chi connectivity index (χ2n) is 13.4. The molecule has 0 radical (unpaired) electrons. The first-order valence-electron chi connectivity index (χ1n) is 15.7. The number of likely N-dealkylation sites (tertiary alicyclic amines) is 1. The molecule has 2 aliphatic carbocycles. The third-order valence-corrected chi connectivity index (χ3v) is 10.1. The smallest absolute Gasteiger partial charge is 0.416 e. The van der Waals surface area contributed by atoms with Crippen LogP contribution in [0.1, 0.15) is 69.2 Å². The summed E-state index contributed by atoms with van der Waals surface area (Å²) in [6.45, 7) is 7.80. The summed E-state index contributed by atoms with van der Waals surface area (Å²) >= 11 is 0. The van der Waals surface area contributed by atoms with E-state index in [9.17, 15) is 27.6 Å². The fourth-order valence-electron chi connectivity index (χ4n) is 8.57. The van der Waals surface area contributed by atoms with Crippen LogP contribution in [0.4, 0.5) is 13.2 Å². The van der Waals surface area contributed by atoms with Crippen molar-refractivity contribution in [3.05, 3.63) is 64.7 Å². The number of amides is 1. The van der Waals surface area contributed by atoms with Gasteiger partial charge in [0.05, 0.1) is 23.1 Å². The summed E-state index contributed by atoms with van der Waals surface area (Å²) in [6.07, 6.45) is -0.272. The average molecular weight is 641 g/mol. The Kier molecular flexibility index (Phi) is 7.98. The molecule has 0 N–H and O–H groups in total. The Morgan fingerprint density at radius 3 is 2.57 bits per heavy atom. The number of piperidine rings is 1. The van der Waals surface area contributed by atoms with Crippen LogP contribution in [0.2, 0.25) is 0 Å². The van der Waals surface area contributed by atoms with Crippen LogP contribution in [0, 0.1) is 5.92 Å². The van der Waals surface area contributed by atoms with Crippen molar-refractivity contribution < 1.29 is 41.8 Å². The van der Waals surface area contributed by atoms with Crippen LogP contribution < -0.4 is 9.47 Å². The molecule has 1 saturated carbocycles. The first-order chi connectivity index (χ1) is 21.7. The van der Waals surface area contributed by atoms with E-state index in [1.54, 1.807) is 11.0 Å². The molecule has 4 aliphatic rings. The molecule has 2 fully saturated rings. The molecule has 0 aromatic heterocycles. The number of carbonyl (C=O) groups is 3. The molecule has 1 saturated heterocycles. The maximum absolute atomic E-state index is 14.0. The number of likely N-dealkylation sites (N-methyl/N-ethyl adjacent to an activating group) is 1. The molecule has 11 heteroatoms. The van der Waals surface area contributed by atoms with Crippen LogP contribution in [-0.2, 0) is 37.1 Å². The van der Waals surface area contributed by atoms with Gasteiger partial charge in [-0.1, -0.05) is 32.0 Å². The van der Waals surface area contributed by atoms with E-state index in [4.69, 9.17) is 14.2 Å². The quantitative estimate of drug-likeness (QED) is 0.223. The first-order valence-corrected chi connectivity index (χ1v) is 15.7. The van der Waals surface area contributed by atoms with E-state index in [1.165, 1.54) is 38.1 Å². The van der Waals surface area contributed by atoms with Crippen molar-refractivity contribution >= 4 is 23.9 Å². The highest BCUT2D eigenvalue weighted by molar-refractivity contribution is 5.92. The van der Waals surface area contributed by atoms with Gasteiger partial charge in [0.15, 0.2) is 11.5 Å². The number of hydrogen-bond donors (Lipinski definition) is 0. The van der Waals surface area contributed by atoms with Crippen molar-refractivity contribution in [3.8, 4) is 11.5 Å². The molecule has 5 atom stereocenters. The Morgan fingerprint density at radius 1 is 1.13 bits per heavy atom. The lowest BCUT2D eigenvalue weighted by Crippen LogP contribution is -2.79. The summed E-state index contributed by atoms with van der Waals surface area (Å²) in [7, 11) is 2.03. The summed E-state index contributed by atoms with van der Waals surface area (Å²) in [5.74, 6) is -0.453. The van der Waals surface area contributed by atoms with Gasteiger partial charge in [-0.3, -0.25) is 19.3 Å². The number of carbonyl (C=O) groups excluding carboxylic acids is 3. The van der Waals surface area contributed by atoms with E-state index in [0.29, 0.717) is 44.5 Å². The lowest BCUT2D eigenvalue weighted by molar-refractivity contribution is -0.221. The van der Waals surface area contributed by atoms with E-state index in [0.717, 1.165) is 23.3 Å². The average Bonchev–Trinajstić information content (AvgIpc) is 3.33. The van der Waals surface area contributed by atoms with Gasteiger partial charge in [-0.2, -0.15) is 13.2 Å². The third kappa shape index (κ3) is 5.07. The molecule has 1 amide bonds. The molecular formula is C35H39F3N2O6. The minimum atomic E-state index is -4.50. The Hall–Kier alpha value is -3.86. The van der Waals surface area contributed by atoms with E-state index in [-0.39, 0.29) is 29.2 Å². The zero-order chi connectivity index (χ0) is 33.2. The van der Waals surface area contributed by atoms with Crippen LogP contribution in [0.3, 0.4) is 0 Å². The molecule has 6 rings (SSSR count). The van der Waals surface area contributed by atoms with Crippen molar-refractivity contribution in [2.75, 3.05) is 20.1 Å². The lowest BCUT2D eigenvalue weighted by atomic mass is 9.48. The fraction of sp³-hybridized carbons (Fsp3) is 0.514. The zero-order valence-corrected chi connectivity index (χ0v) is 26.6. The number of nitrogens with zero attached hydrogens (tertiary/aromatic N) is 2. The lowest BCUT2D eigenvalue weighted by Gasteiger charge is -2.65. The van der Waals surface area contributed by atoms with Crippen LogP contribution in [-0.4, -0.2) is 71.6 Å². The fourth-order valence-corrected chi connectivity index (χ4v) is 8.57. The van der Waals surface area contributed by atoms with Gasteiger partial charge in [0.25, 0.3) is 0 Å². The molecule has 2 bridgehead atoms. The van der Waals surface area contributed by atoms with Crippen molar-refractivity contribution in [2.45, 2.75) is 88.8 Å². The minimum absolute atomic E-state index is 0.0658. The number of esters is 2. The molecule has 2 unspecified atom stereocenters. The Labute approximate surface area is 266 Å². The van der Waals surface area contributed by atoms with Crippen molar-refractivity contribution in [2.24, 2.45) is 5.92 Å². The molecule has 1 spiro atoms. The summed E-state index contributed by atoms with van der Waals surface area (Å²) in [5.41, 5.74) is -0.393. The van der Waals surface area contributed by atoms with Crippen molar-refractivity contribution in [1.29, 1.82) is 0 Å². The number of halogens is 3. The largest absolute Gasteiger partial charge is 0.483 e. The third-order valence-electron chi connectivity index (χ3n) is 10.1. The molecule has 2 aliphatic heterocycles. The monoisotopic (exact) mass is 640 g/mol. The van der Waals surface area contributed by atoms with Crippen molar-refractivity contribution in [3.63, 3.8) is 0 Å². The van der Waals surface area contributed by atoms with E-state index in [1.807, 2.05) is 27.0 Å². The molecule has 2 heterocycles. The first kappa shape index (κ1) is 32.1. The zero-order valence-electron chi connectivity index (χ0n) is 26.6. The van der Waals surface area contributed by atoms with Gasteiger partial charge in [0, 0.05) is 32.0 Å². The number of hydrogen-bond acceptors (Lipinski definition) is 7. The molecular weight excluding hydrogens is 601 g/mol. The van der Waals surface area contributed by atoms with Gasteiger partial charge in [-0.25, -0.2) is 0 Å². The molecule has 2 aromatic rings. The van der Waals surface area contributed by atoms with Gasteiger partial charge < -0.3 is 19.1 Å². The van der Waals surface area contributed by atoms with E-state index >= 15 is 0 Å². The Bertz CT molecular complexity index is 1610. The second kappa shape index (κ2) is 11.4. The highest BCUT2D eigenvalue weighted by Crippen LogP contribution is 2.67. The van der Waals surface area contributed by atoms with Crippen LogP contribution in [0.5, 0.6) is 11.5 Å². The SMILES string of the molecule is CC(=O)Oc1ccc2c3c1OC1C(N(CC(C)C)C(=O)/C=C/c4cccc(C(F)(F)F)c4)CC[C@@]4(OC(C)=O)[C@@H](C2)N(C)CC[C@]314. The summed E-state index contributed by atoms with van der Waals surface area (Å²) in [4.78, 5) is 43.0. The van der Waals surface area contributed by atoms with E-state index < -0.39 is 46.8 Å². The Balaban J connectivity index is 1.45. The predicted molar refractivity (Wildman–Crippen MR) is 163 cm³/mol. The number of ether oxygens (including phenoxy) is 3. The normalized spacial score (nSPS) is 28.1. The summed E-state index contributed by atoms with van der Waals surface area (Å²) in [6, 6.07) is 7.94. The minimum Gasteiger partial charge on any atom is -0.483 e. The molecule has 2 aromatic carbocycles. The number of alkyl halides is 3. The Morgan fingerprint density at radius 2 is 1.89 bits per heavy atom.